The molecule has 0 bridgehead atoms. The first-order chi connectivity index (χ1) is 17.2. The highest BCUT2D eigenvalue weighted by atomic mass is 127. The third-order valence-corrected chi connectivity index (χ3v) is 8.43. The molecule has 10 heteroatoms. The van der Waals surface area contributed by atoms with E-state index in [2.05, 4.69) is 45.2 Å². The lowest BCUT2D eigenvalue weighted by atomic mass is 9.93. The summed E-state index contributed by atoms with van der Waals surface area (Å²) in [6.07, 6.45) is 3.06. The Morgan fingerprint density at radius 3 is 2.58 bits per heavy atom. The van der Waals surface area contributed by atoms with Crippen LogP contribution < -0.4 is 4.74 Å². The zero-order chi connectivity index (χ0) is 26.0. The number of hydrogen-bond donors (Lipinski definition) is 1. The number of rotatable bonds is 6. The normalized spacial score (nSPS) is 15.1. The van der Waals surface area contributed by atoms with Crippen LogP contribution in [0.2, 0.25) is 10.0 Å². The molecule has 0 aromatic heterocycles. The average molecular weight is 752 g/mol. The lowest BCUT2D eigenvalue weighted by Crippen LogP contribution is -2.48. The Morgan fingerprint density at radius 2 is 1.89 bits per heavy atom. The van der Waals surface area contributed by atoms with Crippen molar-refractivity contribution in [3.05, 3.63) is 99.9 Å². The van der Waals surface area contributed by atoms with Gasteiger partial charge >= 0.3 is 5.97 Å². The zero-order valence-electron chi connectivity index (χ0n) is 18.5. The molecule has 3 aromatic rings. The fraction of sp³-hybridized carbons (Fsp3) is 0.154. The Labute approximate surface area is 244 Å². The fourth-order valence-electron chi connectivity index (χ4n) is 3.87. The minimum atomic E-state index is -1.08. The first-order valence-corrected chi connectivity index (χ1v) is 13.6. The van der Waals surface area contributed by atoms with Gasteiger partial charge in [0.25, 0.3) is 0 Å². The van der Waals surface area contributed by atoms with Crippen molar-refractivity contribution in [3.63, 3.8) is 0 Å². The van der Waals surface area contributed by atoms with Gasteiger partial charge in [0.15, 0.2) is 0 Å². The van der Waals surface area contributed by atoms with Crippen molar-refractivity contribution in [2.75, 3.05) is 0 Å². The highest BCUT2D eigenvalue weighted by molar-refractivity contribution is 14.1. The van der Waals surface area contributed by atoms with E-state index in [4.69, 9.17) is 27.9 Å². The second-order valence-electron chi connectivity index (χ2n) is 8.05. The molecular formula is C26H18Cl2FI2NO4. The van der Waals surface area contributed by atoms with Crippen molar-refractivity contribution in [1.82, 2.24) is 4.90 Å². The second kappa shape index (κ2) is 11.7. The van der Waals surface area contributed by atoms with Crippen LogP contribution in [0.3, 0.4) is 0 Å². The molecule has 1 amide bonds. The van der Waals surface area contributed by atoms with Gasteiger partial charge in [-0.1, -0.05) is 47.5 Å². The fourth-order valence-corrected chi connectivity index (χ4v) is 6.46. The molecule has 5 nitrogen and oxygen atoms in total. The van der Waals surface area contributed by atoms with Gasteiger partial charge in [0, 0.05) is 24.6 Å². The zero-order valence-corrected chi connectivity index (χ0v) is 24.3. The van der Waals surface area contributed by atoms with Gasteiger partial charge in [-0.15, -0.1) is 0 Å². The quantitative estimate of drug-likeness (QED) is 0.218. The molecule has 0 saturated heterocycles. The second-order valence-corrected chi connectivity index (χ2v) is 11.1. The molecule has 0 fully saturated rings. The van der Waals surface area contributed by atoms with Crippen LogP contribution in [0.15, 0.2) is 54.6 Å². The van der Waals surface area contributed by atoms with Crippen molar-refractivity contribution in [3.8, 4) is 5.75 Å². The average Bonchev–Trinajstić information content (AvgIpc) is 2.84. The third-order valence-electron chi connectivity index (χ3n) is 5.75. The summed E-state index contributed by atoms with van der Waals surface area (Å²) >= 11 is 16.3. The van der Waals surface area contributed by atoms with Crippen molar-refractivity contribution in [2.45, 2.75) is 25.6 Å². The number of halogens is 5. The predicted octanol–water partition coefficient (Wildman–Crippen LogP) is 6.97. The van der Waals surface area contributed by atoms with E-state index >= 15 is 0 Å². The summed E-state index contributed by atoms with van der Waals surface area (Å²) in [5, 5.41) is 10.6. The Hall–Kier alpha value is -1.89. The van der Waals surface area contributed by atoms with E-state index in [-0.39, 0.29) is 25.4 Å². The predicted molar refractivity (Wildman–Crippen MR) is 154 cm³/mol. The maximum absolute atomic E-state index is 14.1. The molecule has 186 valence electrons. The van der Waals surface area contributed by atoms with Crippen LogP contribution in [0.25, 0.3) is 6.08 Å². The lowest BCUT2D eigenvalue weighted by molar-refractivity contribution is -0.149. The molecule has 36 heavy (non-hydrogen) atoms. The van der Waals surface area contributed by atoms with E-state index in [0.29, 0.717) is 26.9 Å². The van der Waals surface area contributed by atoms with E-state index in [1.807, 2.05) is 6.07 Å². The largest absolute Gasteiger partial charge is 0.487 e. The van der Waals surface area contributed by atoms with Gasteiger partial charge in [0.1, 0.15) is 24.2 Å². The highest BCUT2D eigenvalue weighted by Gasteiger charge is 2.36. The summed E-state index contributed by atoms with van der Waals surface area (Å²) in [6, 6.07) is 12.2. The van der Waals surface area contributed by atoms with Crippen molar-refractivity contribution in [1.29, 1.82) is 0 Å². The summed E-state index contributed by atoms with van der Waals surface area (Å²) in [5.41, 5.74) is 2.74. The van der Waals surface area contributed by atoms with Crippen LogP contribution in [-0.4, -0.2) is 27.9 Å². The summed E-state index contributed by atoms with van der Waals surface area (Å²) in [7, 11) is 0. The Bertz CT molecular complexity index is 1380. The number of amides is 1. The van der Waals surface area contributed by atoms with Crippen molar-refractivity contribution >= 4 is 86.3 Å². The Kier molecular flexibility index (Phi) is 8.79. The Balaban J connectivity index is 1.61. The third kappa shape index (κ3) is 5.98. The van der Waals surface area contributed by atoms with Gasteiger partial charge in [-0.05, 0) is 92.2 Å². The number of carbonyl (C=O) groups excluding carboxylic acids is 1. The SMILES string of the molecule is O=C(O)[C@@H]1Cc2cc(I)c(OCc3ccccc3F)c(I)c2CN1C(=O)/C=C/c1ccc(Cl)c(Cl)c1. The number of fused-ring (bicyclic) bond motifs is 1. The standard InChI is InChI=1S/C26H18Cl2FI2NO4/c27-18-7-5-14(9-19(18)28)6-8-23(33)32-12-17-16(11-22(32)26(34)35)10-21(30)25(24(17)31)36-13-15-3-1-2-4-20(15)29/h1-10,22H,11-13H2,(H,34,35)/b8-6+/t22-/m0/s1. The van der Waals surface area contributed by atoms with Gasteiger partial charge in [-0.25, -0.2) is 9.18 Å². The van der Waals surface area contributed by atoms with Crippen LogP contribution >= 0.6 is 68.4 Å². The van der Waals surface area contributed by atoms with E-state index in [1.54, 1.807) is 42.5 Å². The van der Waals surface area contributed by atoms with Crippen LogP contribution in [0.5, 0.6) is 5.75 Å². The number of carboxylic acid groups (broad SMARTS) is 1. The van der Waals surface area contributed by atoms with E-state index in [1.165, 1.54) is 17.0 Å². The maximum Gasteiger partial charge on any atom is 0.326 e. The number of carboxylic acids is 1. The molecular weight excluding hydrogens is 734 g/mol. The summed E-state index contributed by atoms with van der Waals surface area (Å²) in [4.78, 5) is 26.5. The molecule has 1 aliphatic rings. The summed E-state index contributed by atoms with van der Waals surface area (Å²) < 4.78 is 21.6. The minimum Gasteiger partial charge on any atom is -0.487 e. The molecule has 1 N–H and O–H groups in total. The molecule has 1 aliphatic heterocycles. The summed E-state index contributed by atoms with van der Waals surface area (Å²) in [6.45, 7) is 0.145. The van der Waals surface area contributed by atoms with Gasteiger partial charge in [0.2, 0.25) is 5.91 Å². The molecule has 3 aromatic carbocycles. The Morgan fingerprint density at radius 1 is 1.14 bits per heavy atom. The number of benzene rings is 3. The molecule has 0 radical (unpaired) electrons. The maximum atomic E-state index is 14.1. The van der Waals surface area contributed by atoms with Crippen LogP contribution in [0, 0.1) is 13.0 Å². The number of nitrogens with zero attached hydrogens (tertiary/aromatic N) is 1. The number of ether oxygens (including phenoxy) is 1. The van der Waals surface area contributed by atoms with Crippen LogP contribution in [-0.2, 0) is 29.2 Å². The highest BCUT2D eigenvalue weighted by Crippen LogP contribution is 2.37. The number of carbonyl (C=O) groups is 2. The van der Waals surface area contributed by atoms with E-state index in [9.17, 15) is 19.1 Å². The molecule has 0 aliphatic carbocycles. The van der Waals surface area contributed by atoms with Gasteiger partial charge in [-0.2, -0.15) is 0 Å². The summed E-state index contributed by atoms with van der Waals surface area (Å²) in [5.74, 6) is -1.30. The van der Waals surface area contributed by atoms with Gasteiger partial charge < -0.3 is 14.7 Å². The van der Waals surface area contributed by atoms with Crippen molar-refractivity contribution in [2.24, 2.45) is 0 Å². The molecule has 1 heterocycles. The van der Waals surface area contributed by atoms with Gasteiger partial charge in [-0.3, -0.25) is 4.79 Å². The van der Waals surface area contributed by atoms with E-state index < -0.39 is 17.9 Å². The minimum absolute atomic E-state index is 0.0459. The monoisotopic (exact) mass is 751 g/mol. The lowest BCUT2D eigenvalue weighted by Gasteiger charge is -2.35. The van der Waals surface area contributed by atoms with E-state index in [0.717, 1.165) is 18.3 Å². The van der Waals surface area contributed by atoms with Crippen LogP contribution in [0.4, 0.5) is 4.39 Å². The topological polar surface area (TPSA) is 66.8 Å². The molecule has 0 unspecified atom stereocenters. The molecule has 1 atom stereocenters. The smallest absolute Gasteiger partial charge is 0.326 e. The molecule has 4 rings (SSSR count). The number of aliphatic carboxylic acids is 1. The first-order valence-electron chi connectivity index (χ1n) is 10.7. The molecule has 0 spiro atoms. The number of hydrogen-bond acceptors (Lipinski definition) is 3. The van der Waals surface area contributed by atoms with Crippen LogP contribution in [0.1, 0.15) is 22.3 Å². The van der Waals surface area contributed by atoms with Crippen molar-refractivity contribution < 1.29 is 23.8 Å². The molecule has 0 saturated carbocycles. The van der Waals surface area contributed by atoms with Gasteiger partial charge in [0.05, 0.1) is 17.2 Å². The first kappa shape index (κ1) is 27.2.